The fraction of sp³-hybridized carbons (Fsp3) is 1.00. The average molecular weight is 116 g/mol. The van der Waals surface area contributed by atoms with E-state index in [0.29, 0.717) is 0 Å². The normalized spacial score (nSPS) is 23.6. The van der Waals surface area contributed by atoms with E-state index in [0.717, 1.165) is 19.8 Å². The van der Waals surface area contributed by atoms with Crippen LogP contribution in [0.25, 0.3) is 0 Å². The SMILES string of the molecule is CON1CCCNC1. The zero-order valence-electron chi connectivity index (χ0n) is 5.18. The number of hydrogen-bond acceptors (Lipinski definition) is 3. The van der Waals surface area contributed by atoms with E-state index in [-0.39, 0.29) is 0 Å². The van der Waals surface area contributed by atoms with Crippen molar-refractivity contribution in [3.63, 3.8) is 0 Å². The summed E-state index contributed by atoms with van der Waals surface area (Å²) in [5.74, 6) is 0. The predicted molar refractivity (Wildman–Crippen MR) is 31.2 cm³/mol. The number of hydrogen-bond donors (Lipinski definition) is 1. The largest absolute Gasteiger partial charge is 0.302 e. The van der Waals surface area contributed by atoms with Crippen molar-refractivity contribution in [3.8, 4) is 0 Å². The second kappa shape index (κ2) is 3.02. The van der Waals surface area contributed by atoms with Crippen LogP contribution in [0.15, 0.2) is 0 Å². The first-order valence-electron chi connectivity index (χ1n) is 2.93. The Morgan fingerprint density at radius 1 is 1.62 bits per heavy atom. The molecule has 8 heavy (non-hydrogen) atoms. The summed E-state index contributed by atoms with van der Waals surface area (Å²) in [7, 11) is 1.70. The molecular formula is C5H12N2O. The van der Waals surface area contributed by atoms with Gasteiger partial charge in [0.1, 0.15) is 0 Å². The highest BCUT2D eigenvalue weighted by atomic mass is 16.7. The van der Waals surface area contributed by atoms with Crippen LogP contribution in [0.2, 0.25) is 0 Å². The summed E-state index contributed by atoms with van der Waals surface area (Å²) < 4.78 is 0. The fourth-order valence-corrected chi connectivity index (χ4v) is 0.819. The van der Waals surface area contributed by atoms with Gasteiger partial charge in [-0.2, -0.15) is 5.06 Å². The summed E-state index contributed by atoms with van der Waals surface area (Å²) in [5.41, 5.74) is 0. The third-order valence-corrected chi connectivity index (χ3v) is 1.31. The summed E-state index contributed by atoms with van der Waals surface area (Å²) in [6.07, 6.45) is 1.19. The molecule has 0 aromatic rings. The summed E-state index contributed by atoms with van der Waals surface area (Å²) in [5, 5.41) is 5.09. The minimum Gasteiger partial charge on any atom is -0.302 e. The van der Waals surface area contributed by atoms with Crippen LogP contribution < -0.4 is 5.32 Å². The fourth-order valence-electron chi connectivity index (χ4n) is 0.819. The standard InChI is InChI=1S/C5H12N2O/c1-8-7-4-2-3-6-5-7/h6H,2-5H2,1H3. The predicted octanol–water partition coefficient (Wildman–Crippen LogP) is -0.199. The molecule has 3 nitrogen and oxygen atoms in total. The van der Waals surface area contributed by atoms with Gasteiger partial charge in [0.25, 0.3) is 0 Å². The van der Waals surface area contributed by atoms with E-state index < -0.39 is 0 Å². The lowest BCUT2D eigenvalue weighted by atomic mass is 10.4. The Bertz CT molecular complexity index is 61.4. The van der Waals surface area contributed by atoms with Crippen molar-refractivity contribution >= 4 is 0 Å². The third-order valence-electron chi connectivity index (χ3n) is 1.31. The molecule has 0 aromatic heterocycles. The molecule has 1 aliphatic rings. The van der Waals surface area contributed by atoms with Crippen molar-refractivity contribution in [1.29, 1.82) is 0 Å². The van der Waals surface area contributed by atoms with E-state index in [2.05, 4.69) is 5.32 Å². The number of nitrogens with zero attached hydrogens (tertiary/aromatic N) is 1. The van der Waals surface area contributed by atoms with Crippen molar-refractivity contribution in [2.45, 2.75) is 6.42 Å². The zero-order chi connectivity index (χ0) is 5.82. The van der Waals surface area contributed by atoms with Crippen LogP contribution in [0.5, 0.6) is 0 Å². The first-order chi connectivity index (χ1) is 3.93. The molecule has 48 valence electrons. The Hall–Kier alpha value is -0.120. The highest BCUT2D eigenvalue weighted by molar-refractivity contribution is 4.54. The minimum atomic E-state index is 0.872. The molecule has 1 rings (SSSR count). The van der Waals surface area contributed by atoms with Gasteiger partial charge >= 0.3 is 0 Å². The van der Waals surface area contributed by atoms with Gasteiger partial charge in [0.15, 0.2) is 0 Å². The van der Waals surface area contributed by atoms with Gasteiger partial charge in [-0.25, -0.2) is 0 Å². The summed E-state index contributed by atoms with van der Waals surface area (Å²) in [6.45, 7) is 3.06. The summed E-state index contributed by atoms with van der Waals surface area (Å²) in [4.78, 5) is 4.96. The summed E-state index contributed by atoms with van der Waals surface area (Å²) in [6, 6.07) is 0. The lowest BCUT2D eigenvalue weighted by Gasteiger charge is -2.24. The molecule has 1 saturated heterocycles. The highest BCUT2D eigenvalue weighted by Gasteiger charge is 2.05. The Morgan fingerprint density at radius 2 is 2.50 bits per heavy atom. The molecule has 0 aliphatic carbocycles. The molecule has 0 aromatic carbocycles. The topological polar surface area (TPSA) is 24.5 Å². The Balaban J connectivity index is 2.13. The van der Waals surface area contributed by atoms with Crippen LogP contribution in [0.4, 0.5) is 0 Å². The van der Waals surface area contributed by atoms with Crippen LogP contribution >= 0.6 is 0 Å². The number of nitrogens with one attached hydrogen (secondary N) is 1. The van der Waals surface area contributed by atoms with Gasteiger partial charge in [-0.3, -0.25) is 0 Å². The number of hydroxylamine groups is 2. The van der Waals surface area contributed by atoms with Gasteiger partial charge in [0.2, 0.25) is 0 Å². The molecule has 1 N–H and O–H groups in total. The molecule has 0 amide bonds. The van der Waals surface area contributed by atoms with E-state index in [9.17, 15) is 0 Å². The molecule has 0 saturated carbocycles. The van der Waals surface area contributed by atoms with Gasteiger partial charge in [0, 0.05) is 6.54 Å². The van der Waals surface area contributed by atoms with Crippen LogP contribution in [-0.4, -0.2) is 31.9 Å². The second-order valence-corrected chi connectivity index (χ2v) is 1.90. The molecule has 1 aliphatic heterocycles. The van der Waals surface area contributed by atoms with E-state index in [1.54, 1.807) is 7.11 Å². The monoisotopic (exact) mass is 116 g/mol. The van der Waals surface area contributed by atoms with Crippen molar-refractivity contribution in [1.82, 2.24) is 10.4 Å². The van der Waals surface area contributed by atoms with Crippen LogP contribution in [-0.2, 0) is 4.84 Å². The average Bonchev–Trinajstić information content (AvgIpc) is 1.90. The molecule has 3 heteroatoms. The lowest BCUT2D eigenvalue weighted by Crippen LogP contribution is -2.40. The molecule has 0 unspecified atom stereocenters. The van der Waals surface area contributed by atoms with Gasteiger partial charge in [-0.15, -0.1) is 0 Å². The Morgan fingerprint density at radius 3 is 2.88 bits per heavy atom. The van der Waals surface area contributed by atoms with Gasteiger partial charge in [-0.1, -0.05) is 0 Å². The van der Waals surface area contributed by atoms with E-state index in [1.165, 1.54) is 6.42 Å². The van der Waals surface area contributed by atoms with E-state index in [4.69, 9.17) is 4.84 Å². The smallest absolute Gasteiger partial charge is 0.0731 e. The minimum absolute atomic E-state index is 0.872. The summed E-state index contributed by atoms with van der Waals surface area (Å²) >= 11 is 0. The van der Waals surface area contributed by atoms with Crippen molar-refractivity contribution in [2.24, 2.45) is 0 Å². The van der Waals surface area contributed by atoms with Gasteiger partial charge < -0.3 is 10.2 Å². The van der Waals surface area contributed by atoms with Crippen molar-refractivity contribution < 1.29 is 4.84 Å². The molecule has 1 heterocycles. The highest BCUT2D eigenvalue weighted by Crippen LogP contribution is 1.93. The first kappa shape index (κ1) is 6.01. The second-order valence-electron chi connectivity index (χ2n) is 1.90. The number of rotatable bonds is 1. The lowest BCUT2D eigenvalue weighted by molar-refractivity contribution is -0.145. The quantitative estimate of drug-likeness (QED) is 0.513. The molecule has 0 radical (unpaired) electrons. The molecule has 1 fully saturated rings. The maximum Gasteiger partial charge on any atom is 0.0731 e. The van der Waals surface area contributed by atoms with Gasteiger partial charge in [-0.05, 0) is 13.0 Å². The first-order valence-corrected chi connectivity index (χ1v) is 2.93. The Labute approximate surface area is 49.6 Å². The van der Waals surface area contributed by atoms with E-state index in [1.807, 2.05) is 5.06 Å². The van der Waals surface area contributed by atoms with Gasteiger partial charge in [0.05, 0.1) is 13.8 Å². The van der Waals surface area contributed by atoms with Crippen molar-refractivity contribution in [2.75, 3.05) is 26.9 Å². The third kappa shape index (κ3) is 1.43. The molecule has 0 atom stereocenters. The molecular weight excluding hydrogens is 104 g/mol. The molecule has 0 bridgehead atoms. The van der Waals surface area contributed by atoms with Crippen molar-refractivity contribution in [3.05, 3.63) is 0 Å². The zero-order valence-corrected chi connectivity index (χ0v) is 5.18. The van der Waals surface area contributed by atoms with E-state index >= 15 is 0 Å². The maximum absolute atomic E-state index is 4.96. The van der Waals surface area contributed by atoms with Crippen LogP contribution in [0.3, 0.4) is 0 Å². The van der Waals surface area contributed by atoms with Crippen LogP contribution in [0, 0.1) is 0 Å². The molecule has 0 spiro atoms. The maximum atomic E-state index is 4.96. The van der Waals surface area contributed by atoms with Crippen LogP contribution in [0.1, 0.15) is 6.42 Å². The Kier molecular flexibility index (Phi) is 2.27.